The van der Waals surface area contributed by atoms with E-state index in [2.05, 4.69) is 52.0 Å². The van der Waals surface area contributed by atoms with Crippen LogP contribution in [0, 0.1) is 5.92 Å². The molecule has 1 aromatic carbocycles. The highest BCUT2D eigenvalue weighted by molar-refractivity contribution is 7.99. The van der Waals surface area contributed by atoms with Crippen LogP contribution in [0.2, 0.25) is 0 Å². The Balaban J connectivity index is 2.48. The van der Waals surface area contributed by atoms with Crippen LogP contribution in [0.1, 0.15) is 44.9 Å². The minimum Gasteiger partial charge on any atom is -0.323 e. The Morgan fingerprint density at radius 3 is 2.18 bits per heavy atom. The van der Waals surface area contributed by atoms with Crippen LogP contribution in [0.25, 0.3) is 0 Å². The topological polar surface area (TPSA) is 26.0 Å². The van der Waals surface area contributed by atoms with Gasteiger partial charge in [0.1, 0.15) is 0 Å². The molecule has 1 nitrogen and oxygen atoms in total. The van der Waals surface area contributed by atoms with Crippen LogP contribution in [0.3, 0.4) is 0 Å². The van der Waals surface area contributed by atoms with Crippen LogP contribution in [0.15, 0.2) is 24.3 Å². The molecular formula is C15H25NS. The van der Waals surface area contributed by atoms with Crippen molar-refractivity contribution in [1.82, 2.24) is 0 Å². The SMILES string of the molecule is CCc1ccc(C(N)CSC(C)C(C)C)cc1. The number of aryl methyl sites for hydroxylation is 1. The lowest BCUT2D eigenvalue weighted by atomic mass is 10.1. The average molecular weight is 251 g/mol. The Labute approximate surface area is 110 Å². The molecule has 0 fully saturated rings. The van der Waals surface area contributed by atoms with E-state index in [0.29, 0.717) is 5.25 Å². The zero-order valence-corrected chi connectivity index (χ0v) is 12.3. The molecule has 0 amide bonds. The zero-order chi connectivity index (χ0) is 12.8. The van der Waals surface area contributed by atoms with Gasteiger partial charge in [-0.05, 0) is 23.5 Å². The Kier molecular flexibility index (Phi) is 6.07. The van der Waals surface area contributed by atoms with Crippen LogP contribution in [-0.4, -0.2) is 11.0 Å². The molecule has 96 valence electrons. The van der Waals surface area contributed by atoms with Crippen molar-refractivity contribution in [1.29, 1.82) is 0 Å². The fraction of sp³-hybridized carbons (Fsp3) is 0.600. The van der Waals surface area contributed by atoms with Crippen molar-refractivity contribution in [2.45, 2.75) is 45.4 Å². The molecule has 2 heteroatoms. The van der Waals surface area contributed by atoms with Crippen LogP contribution < -0.4 is 5.73 Å². The number of thioether (sulfide) groups is 1. The first kappa shape index (κ1) is 14.6. The van der Waals surface area contributed by atoms with Crippen molar-refractivity contribution in [2.24, 2.45) is 11.7 Å². The summed E-state index contributed by atoms with van der Waals surface area (Å²) < 4.78 is 0. The van der Waals surface area contributed by atoms with E-state index in [0.717, 1.165) is 18.1 Å². The average Bonchev–Trinajstić information content (AvgIpc) is 2.35. The second-order valence-electron chi connectivity index (χ2n) is 4.98. The van der Waals surface area contributed by atoms with E-state index in [9.17, 15) is 0 Å². The molecule has 0 saturated carbocycles. The van der Waals surface area contributed by atoms with Crippen molar-refractivity contribution >= 4 is 11.8 Å². The van der Waals surface area contributed by atoms with Crippen LogP contribution >= 0.6 is 11.8 Å². The molecule has 0 radical (unpaired) electrons. The molecule has 0 spiro atoms. The molecule has 0 saturated heterocycles. The first-order chi connectivity index (χ1) is 8.04. The van der Waals surface area contributed by atoms with Gasteiger partial charge in [-0.3, -0.25) is 0 Å². The van der Waals surface area contributed by atoms with E-state index >= 15 is 0 Å². The molecule has 0 aliphatic rings. The fourth-order valence-corrected chi connectivity index (χ4v) is 2.63. The van der Waals surface area contributed by atoms with E-state index in [4.69, 9.17) is 5.73 Å². The van der Waals surface area contributed by atoms with E-state index < -0.39 is 0 Å². The monoisotopic (exact) mass is 251 g/mol. The number of benzene rings is 1. The normalized spacial score (nSPS) is 14.9. The van der Waals surface area contributed by atoms with Crippen molar-refractivity contribution in [3.05, 3.63) is 35.4 Å². The second-order valence-corrected chi connectivity index (χ2v) is 6.39. The molecule has 2 N–H and O–H groups in total. The number of hydrogen-bond acceptors (Lipinski definition) is 2. The van der Waals surface area contributed by atoms with Gasteiger partial charge in [0.15, 0.2) is 0 Å². The number of hydrogen-bond donors (Lipinski definition) is 1. The predicted octanol–water partition coefficient (Wildman–Crippen LogP) is 4.03. The van der Waals surface area contributed by atoms with E-state index in [1.807, 2.05) is 11.8 Å². The quantitative estimate of drug-likeness (QED) is 0.826. The van der Waals surface area contributed by atoms with E-state index in [1.54, 1.807) is 0 Å². The summed E-state index contributed by atoms with van der Waals surface area (Å²) in [5, 5.41) is 0.677. The maximum absolute atomic E-state index is 6.21. The molecule has 1 rings (SSSR count). The van der Waals surface area contributed by atoms with Crippen LogP contribution in [0.5, 0.6) is 0 Å². The predicted molar refractivity (Wildman–Crippen MR) is 79.5 cm³/mol. The van der Waals surface area contributed by atoms with Gasteiger partial charge < -0.3 is 5.73 Å². The summed E-state index contributed by atoms with van der Waals surface area (Å²) in [5.41, 5.74) is 8.85. The third-order valence-corrected chi connectivity index (χ3v) is 4.92. The molecule has 0 aliphatic carbocycles. The molecule has 0 aliphatic heterocycles. The fourth-order valence-electron chi connectivity index (χ4n) is 1.54. The first-order valence-corrected chi connectivity index (χ1v) is 7.55. The summed E-state index contributed by atoms with van der Waals surface area (Å²) in [7, 11) is 0. The highest BCUT2D eigenvalue weighted by atomic mass is 32.2. The summed E-state index contributed by atoms with van der Waals surface area (Å²) in [5.74, 6) is 1.72. The van der Waals surface area contributed by atoms with Crippen LogP contribution in [-0.2, 0) is 6.42 Å². The Bertz CT molecular complexity index is 318. The molecule has 2 atom stereocenters. The maximum Gasteiger partial charge on any atom is 0.0386 e. The van der Waals surface area contributed by atoms with Crippen molar-refractivity contribution in [2.75, 3.05) is 5.75 Å². The smallest absolute Gasteiger partial charge is 0.0386 e. The van der Waals surface area contributed by atoms with Gasteiger partial charge in [-0.1, -0.05) is 52.0 Å². The lowest BCUT2D eigenvalue weighted by Gasteiger charge is -2.18. The Morgan fingerprint density at radius 1 is 1.12 bits per heavy atom. The number of rotatable bonds is 6. The third-order valence-electron chi connectivity index (χ3n) is 3.29. The summed E-state index contributed by atoms with van der Waals surface area (Å²) >= 11 is 1.97. The lowest BCUT2D eigenvalue weighted by molar-refractivity contribution is 0.640. The molecule has 0 aromatic heterocycles. The van der Waals surface area contributed by atoms with Crippen LogP contribution in [0.4, 0.5) is 0 Å². The standard InChI is InChI=1S/C15H25NS/c1-5-13-6-8-14(9-7-13)15(16)10-17-12(4)11(2)3/h6-9,11-12,15H,5,10,16H2,1-4H3. The van der Waals surface area contributed by atoms with Gasteiger partial charge in [-0.2, -0.15) is 11.8 Å². The van der Waals surface area contributed by atoms with Gasteiger partial charge in [0.05, 0.1) is 0 Å². The summed E-state index contributed by atoms with van der Waals surface area (Å²) in [6, 6.07) is 8.87. The lowest BCUT2D eigenvalue weighted by Crippen LogP contribution is -2.16. The van der Waals surface area contributed by atoms with Crippen molar-refractivity contribution in [3.63, 3.8) is 0 Å². The molecule has 2 unspecified atom stereocenters. The first-order valence-electron chi connectivity index (χ1n) is 6.50. The minimum atomic E-state index is 0.159. The van der Waals surface area contributed by atoms with E-state index in [1.165, 1.54) is 11.1 Å². The third kappa shape index (κ3) is 4.72. The Morgan fingerprint density at radius 2 is 1.71 bits per heavy atom. The molecule has 17 heavy (non-hydrogen) atoms. The largest absolute Gasteiger partial charge is 0.323 e. The number of nitrogens with two attached hydrogens (primary N) is 1. The summed E-state index contributed by atoms with van der Waals surface area (Å²) in [6.45, 7) is 8.98. The molecule has 0 heterocycles. The van der Waals surface area contributed by atoms with Gasteiger partial charge in [0.25, 0.3) is 0 Å². The van der Waals surface area contributed by atoms with Gasteiger partial charge in [-0.25, -0.2) is 0 Å². The highest BCUT2D eigenvalue weighted by Crippen LogP contribution is 2.24. The van der Waals surface area contributed by atoms with Gasteiger partial charge in [-0.15, -0.1) is 0 Å². The van der Waals surface area contributed by atoms with Gasteiger partial charge in [0.2, 0.25) is 0 Å². The van der Waals surface area contributed by atoms with Crippen molar-refractivity contribution < 1.29 is 0 Å². The summed E-state index contributed by atoms with van der Waals surface area (Å²) in [6.07, 6.45) is 1.09. The molecule has 0 bridgehead atoms. The second kappa shape index (κ2) is 7.07. The zero-order valence-electron chi connectivity index (χ0n) is 11.4. The van der Waals surface area contributed by atoms with Gasteiger partial charge in [0, 0.05) is 17.0 Å². The Hall–Kier alpha value is -0.470. The molecule has 1 aromatic rings. The maximum atomic E-state index is 6.21. The molecular weight excluding hydrogens is 226 g/mol. The van der Waals surface area contributed by atoms with E-state index in [-0.39, 0.29) is 6.04 Å². The van der Waals surface area contributed by atoms with Gasteiger partial charge >= 0.3 is 0 Å². The minimum absolute atomic E-state index is 0.159. The summed E-state index contributed by atoms with van der Waals surface area (Å²) in [4.78, 5) is 0. The highest BCUT2D eigenvalue weighted by Gasteiger charge is 2.11. The van der Waals surface area contributed by atoms with Crippen molar-refractivity contribution in [3.8, 4) is 0 Å².